The maximum Gasteiger partial charge on any atom is 0.242 e. The molecule has 0 aromatic heterocycles. The summed E-state index contributed by atoms with van der Waals surface area (Å²) in [6.45, 7) is 3.84. The molecule has 1 aromatic rings. The molecule has 0 bridgehead atoms. The van der Waals surface area contributed by atoms with Gasteiger partial charge in [0, 0.05) is 12.6 Å². The van der Waals surface area contributed by atoms with Crippen LogP contribution < -0.4 is 16.0 Å². The quantitative estimate of drug-likeness (QED) is 0.700. The van der Waals surface area contributed by atoms with Gasteiger partial charge in [-0.1, -0.05) is 43.7 Å². The minimum Gasteiger partial charge on any atom is -0.350 e. The third-order valence-corrected chi connectivity index (χ3v) is 4.08. The molecule has 3 N–H and O–H groups in total. The van der Waals surface area contributed by atoms with Gasteiger partial charge in [-0.3, -0.25) is 9.59 Å². The van der Waals surface area contributed by atoms with E-state index in [4.69, 9.17) is 0 Å². The predicted molar refractivity (Wildman–Crippen MR) is 98.3 cm³/mol. The average Bonchev–Trinajstić information content (AvgIpc) is 2.56. The Morgan fingerprint density at radius 2 is 2.04 bits per heavy atom. The van der Waals surface area contributed by atoms with E-state index < -0.39 is 6.04 Å². The van der Waals surface area contributed by atoms with E-state index in [0.29, 0.717) is 12.8 Å². The lowest BCUT2D eigenvalue weighted by molar-refractivity contribution is -0.129. The minimum atomic E-state index is -0.446. The fourth-order valence-corrected chi connectivity index (χ4v) is 2.86. The molecule has 2 atom stereocenters. The summed E-state index contributed by atoms with van der Waals surface area (Å²) in [7, 11) is 0. The van der Waals surface area contributed by atoms with Gasteiger partial charge < -0.3 is 16.0 Å². The first-order chi connectivity index (χ1) is 11.2. The number of carbonyl (C=O) groups is 2. The van der Waals surface area contributed by atoms with Crippen LogP contribution in [0.5, 0.6) is 0 Å². The van der Waals surface area contributed by atoms with Crippen molar-refractivity contribution >= 4 is 24.2 Å². The van der Waals surface area contributed by atoms with Crippen molar-refractivity contribution in [3.63, 3.8) is 0 Å². The molecule has 1 aliphatic rings. The van der Waals surface area contributed by atoms with Crippen molar-refractivity contribution in [3.8, 4) is 0 Å². The molecule has 1 saturated heterocycles. The molecule has 0 radical (unpaired) electrons. The molecule has 0 spiro atoms. The number of benzene rings is 1. The van der Waals surface area contributed by atoms with Crippen LogP contribution in [0.1, 0.15) is 38.2 Å². The summed E-state index contributed by atoms with van der Waals surface area (Å²) in [4.78, 5) is 24.6. The molecule has 1 aliphatic heterocycles. The maximum absolute atomic E-state index is 12.4. The van der Waals surface area contributed by atoms with E-state index in [2.05, 4.69) is 16.0 Å². The van der Waals surface area contributed by atoms with Crippen LogP contribution in [0, 0.1) is 0 Å². The van der Waals surface area contributed by atoms with Crippen LogP contribution in [0.2, 0.25) is 0 Å². The van der Waals surface area contributed by atoms with Crippen molar-refractivity contribution in [1.29, 1.82) is 0 Å². The lowest BCUT2D eigenvalue weighted by atomic mass is 10.1. The van der Waals surface area contributed by atoms with Gasteiger partial charge >= 0.3 is 0 Å². The normalized spacial score (nSPS) is 18.1. The zero-order valence-corrected chi connectivity index (χ0v) is 15.0. The van der Waals surface area contributed by atoms with Crippen LogP contribution in [0.15, 0.2) is 30.3 Å². The second-order valence-electron chi connectivity index (χ2n) is 6.12. The molecule has 6 heteroatoms. The number of amides is 2. The van der Waals surface area contributed by atoms with Gasteiger partial charge in [0.25, 0.3) is 0 Å². The summed E-state index contributed by atoms with van der Waals surface area (Å²) < 4.78 is 0. The van der Waals surface area contributed by atoms with Gasteiger partial charge in [-0.2, -0.15) is 0 Å². The summed E-state index contributed by atoms with van der Waals surface area (Å²) in [6.07, 6.45) is 3.89. The number of hydrogen-bond donors (Lipinski definition) is 3. The lowest BCUT2D eigenvalue weighted by Gasteiger charge is -2.26. The Labute approximate surface area is 150 Å². The molecule has 1 heterocycles. The monoisotopic (exact) mass is 353 g/mol. The van der Waals surface area contributed by atoms with Crippen molar-refractivity contribution in [2.24, 2.45) is 0 Å². The number of halogens is 1. The summed E-state index contributed by atoms with van der Waals surface area (Å²) >= 11 is 0. The Morgan fingerprint density at radius 3 is 2.67 bits per heavy atom. The first kappa shape index (κ1) is 20.5. The fourth-order valence-electron chi connectivity index (χ4n) is 2.86. The molecule has 1 fully saturated rings. The highest BCUT2D eigenvalue weighted by Gasteiger charge is 2.23. The van der Waals surface area contributed by atoms with Gasteiger partial charge in [-0.05, 0) is 31.4 Å². The van der Waals surface area contributed by atoms with Crippen LogP contribution in [-0.2, 0) is 16.0 Å². The van der Waals surface area contributed by atoms with E-state index in [-0.39, 0.29) is 30.3 Å². The van der Waals surface area contributed by atoms with Gasteiger partial charge in [0.05, 0.1) is 6.42 Å². The van der Waals surface area contributed by atoms with Gasteiger partial charge in [0.15, 0.2) is 0 Å². The number of rotatable bonds is 7. The Balaban J connectivity index is 0.00000288. The van der Waals surface area contributed by atoms with Gasteiger partial charge in [-0.15, -0.1) is 12.4 Å². The molecular weight excluding hydrogens is 326 g/mol. The second kappa shape index (κ2) is 11.0. The molecule has 1 aromatic carbocycles. The first-order valence-electron chi connectivity index (χ1n) is 8.53. The van der Waals surface area contributed by atoms with Crippen molar-refractivity contribution in [3.05, 3.63) is 35.9 Å². The average molecular weight is 354 g/mol. The molecule has 134 valence electrons. The fraction of sp³-hybridized carbons (Fsp3) is 0.556. The maximum atomic E-state index is 12.4. The zero-order valence-electron chi connectivity index (χ0n) is 14.2. The lowest BCUT2D eigenvalue weighted by Crippen LogP contribution is -2.53. The molecule has 2 rings (SSSR count). The third kappa shape index (κ3) is 6.89. The van der Waals surface area contributed by atoms with E-state index in [1.54, 1.807) is 0 Å². The summed E-state index contributed by atoms with van der Waals surface area (Å²) in [5, 5.41) is 9.22. The highest BCUT2D eigenvalue weighted by atomic mass is 35.5. The van der Waals surface area contributed by atoms with Crippen LogP contribution in [0.3, 0.4) is 0 Å². The standard InChI is InChI=1S/C18H27N3O2.ClH/c1-2-7-16(18(23)20-15-10-6-11-19-13-15)21-17(22)12-14-8-4-3-5-9-14;/h3-5,8-9,15-16,19H,2,6-7,10-13H2,1H3,(H,20,23)(H,21,22);1H. The van der Waals surface area contributed by atoms with Crippen molar-refractivity contribution in [2.45, 2.75) is 51.1 Å². The molecule has 5 nitrogen and oxygen atoms in total. The van der Waals surface area contributed by atoms with E-state index in [9.17, 15) is 9.59 Å². The zero-order chi connectivity index (χ0) is 16.5. The van der Waals surface area contributed by atoms with E-state index in [1.807, 2.05) is 37.3 Å². The highest BCUT2D eigenvalue weighted by molar-refractivity contribution is 5.88. The Hall–Kier alpha value is -1.59. The van der Waals surface area contributed by atoms with Crippen LogP contribution >= 0.6 is 12.4 Å². The SMILES string of the molecule is CCCC(NC(=O)Cc1ccccc1)C(=O)NC1CCCNC1.Cl. The summed E-state index contributed by atoms with van der Waals surface area (Å²) in [6, 6.07) is 9.31. The molecule has 0 saturated carbocycles. The number of carbonyl (C=O) groups excluding carboxylic acids is 2. The summed E-state index contributed by atoms with van der Waals surface area (Å²) in [5.41, 5.74) is 0.956. The highest BCUT2D eigenvalue weighted by Crippen LogP contribution is 2.05. The Kier molecular flexibility index (Phi) is 9.42. The van der Waals surface area contributed by atoms with Gasteiger partial charge in [0.1, 0.15) is 6.04 Å². The first-order valence-corrected chi connectivity index (χ1v) is 8.53. The van der Waals surface area contributed by atoms with E-state index in [0.717, 1.165) is 37.9 Å². The van der Waals surface area contributed by atoms with E-state index in [1.165, 1.54) is 0 Å². The van der Waals surface area contributed by atoms with Crippen LogP contribution in [-0.4, -0.2) is 37.0 Å². The largest absolute Gasteiger partial charge is 0.350 e. The molecule has 2 unspecified atom stereocenters. The van der Waals surface area contributed by atoms with Gasteiger partial charge in [0.2, 0.25) is 11.8 Å². The number of nitrogens with one attached hydrogen (secondary N) is 3. The number of hydrogen-bond acceptors (Lipinski definition) is 3. The number of piperidine rings is 1. The molecular formula is C18H28ClN3O2. The smallest absolute Gasteiger partial charge is 0.242 e. The van der Waals surface area contributed by atoms with Crippen LogP contribution in [0.4, 0.5) is 0 Å². The molecule has 2 amide bonds. The topological polar surface area (TPSA) is 70.2 Å². The Morgan fingerprint density at radius 1 is 1.29 bits per heavy atom. The second-order valence-corrected chi connectivity index (χ2v) is 6.12. The van der Waals surface area contributed by atoms with Crippen molar-refractivity contribution < 1.29 is 9.59 Å². The minimum absolute atomic E-state index is 0. The Bertz CT molecular complexity index is 504. The van der Waals surface area contributed by atoms with E-state index >= 15 is 0 Å². The molecule has 24 heavy (non-hydrogen) atoms. The van der Waals surface area contributed by atoms with Crippen molar-refractivity contribution in [2.75, 3.05) is 13.1 Å². The predicted octanol–water partition coefficient (Wildman–Crippen LogP) is 1.80. The van der Waals surface area contributed by atoms with Gasteiger partial charge in [-0.25, -0.2) is 0 Å². The summed E-state index contributed by atoms with van der Waals surface area (Å²) in [5.74, 6) is -0.173. The van der Waals surface area contributed by atoms with Crippen LogP contribution in [0.25, 0.3) is 0 Å². The third-order valence-electron chi connectivity index (χ3n) is 4.08. The molecule has 0 aliphatic carbocycles. The van der Waals surface area contributed by atoms with Crippen molar-refractivity contribution in [1.82, 2.24) is 16.0 Å².